The van der Waals surface area contributed by atoms with Crippen LogP contribution in [0.1, 0.15) is 77.1 Å². The van der Waals surface area contributed by atoms with Gasteiger partial charge in [0.15, 0.2) is 0 Å². The van der Waals surface area contributed by atoms with Crippen molar-refractivity contribution in [3.63, 3.8) is 0 Å². The molecule has 0 spiro atoms. The third-order valence-electron chi connectivity index (χ3n) is 3.77. The summed E-state index contributed by atoms with van der Waals surface area (Å²) in [5.74, 6) is 0.626. The molecule has 1 heterocycles. The summed E-state index contributed by atoms with van der Waals surface area (Å²) in [6, 6.07) is 0. The number of hydrogen-bond donors (Lipinski definition) is 0. The molecule has 0 fully saturated rings. The van der Waals surface area contributed by atoms with Crippen LogP contribution < -0.4 is 0 Å². The van der Waals surface area contributed by atoms with Crippen LogP contribution in [0.3, 0.4) is 0 Å². The summed E-state index contributed by atoms with van der Waals surface area (Å²) in [6.07, 6.45) is 7.61. The summed E-state index contributed by atoms with van der Waals surface area (Å²) in [7, 11) is 0. The molecule has 0 saturated carbocycles. The van der Waals surface area contributed by atoms with E-state index in [-0.39, 0.29) is 5.54 Å². The van der Waals surface area contributed by atoms with E-state index < -0.39 is 0 Å². The van der Waals surface area contributed by atoms with E-state index >= 15 is 0 Å². The number of aromatic nitrogens is 3. The van der Waals surface area contributed by atoms with Crippen molar-refractivity contribution in [3.8, 4) is 0 Å². The van der Waals surface area contributed by atoms with Crippen LogP contribution in [0.2, 0.25) is 0 Å². The third kappa shape index (κ3) is 2.53. The van der Waals surface area contributed by atoms with Gasteiger partial charge in [-0.2, -0.15) is 0 Å². The molecule has 1 unspecified atom stereocenters. The van der Waals surface area contributed by atoms with Crippen LogP contribution in [-0.2, 0) is 12.0 Å². The monoisotopic (exact) mass is 235 g/mol. The Morgan fingerprint density at radius 3 is 2.65 bits per heavy atom. The summed E-state index contributed by atoms with van der Waals surface area (Å²) in [6.45, 7) is 8.90. The molecular weight excluding hydrogens is 210 g/mol. The normalized spacial score (nSPS) is 21.8. The lowest BCUT2D eigenvalue weighted by atomic mass is 9.89. The molecule has 0 N–H and O–H groups in total. The first-order valence-electron chi connectivity index (χ1n) is 6.99. The molecule has 0 aliphatic heterocycles. The standard InChI is InChI=1S/C14H25N3/c1-5-11-9-7-6-8-10-12-13(11)15-16-17(12)14(2,3)4/h11H,5-10H2,1-4H3. The summed E-state index contributed by atoms with van der Waals surface area (Å²) >= 11 is 0. The Balaban J connectivity index is 2.41. The largest absolute Gasteiger partial charge is 0.244 e. The Bertz CT molecular complexity index is 373. The van der Waals surface area contributed by atoms with Gasteiger partial charge in [-0.1, -0.05) is 25.0 Å². The lowest BCUT2D eigenvalue weighted by Crippen LogP contribution is -2.26. The zero-order valence-electron chi connectivity index (χ0n) is 11.7. The second kappa shape index (κ2) is 4.79. The van der Waals surface area contributed by atoms with Gasteiger partial charge in [0.2, 0.25) is 0 Å². The lowest BCUT2D eigenvalue weighted by Gasteiger charge is -2.24. The first kappa shape index (κ1) is 12.6. The lowest BCUT2D eigenvalue weighted by molar-refractivity contribution is 0.333. The van der Waals surface area contributed by atoms with Gasteiger partial charge < -0.3 is 0 Å². The zero-order chi connectivity index (χ0) is 12.5. The number of rotatable bonds is 1. The number of nitrogens with zero attached hydrogens (tertiary/aromatic N) is 3. The van der Waals surface area contributed by atoms with E-state index in [0.29, 0.717) is 5.92 Å². The van der Waals surface area contributed by atoms with Crippen LogP contribution in [0, 0.1) is 0 Å². The van der Waals surface area contributed by atoms with Crippen molar-refractivity contribution in [3.05, 3.63) is 11.4 Å². The first-order valence-corrected chi connectivity index (χ1v) is 6.99. The molecule has 1 atom stereocenters. The van der Waals surface area contributed by atoms with Gasteiger partial charge >= 0.3 is 0 Å². The third-order valence-corrected chi connectivity index (χ3v) is 3.77. The van der Waals surface area contributed by atoms with E-state index in [1.165, 1.54) is 43.5 Å². The highest BCUT2D eigenvalue weighted by Crippen LogP contribution is 2.32. The predicted molar refractivity (Wildman–Crippen MR) is 70.2 cm³/mol. The van der Waals surface area contributed by atoms with Crippen molar-refractivity contribution < 1.29 is 0 Å². The molecule has 1 aliphatic rings. The summed E-state index contributed by atoms with van der Waals surface area (Å²) in [5, 5.41) is 8.91. The Morgan fingerprint density at radius 2 is 2.00 bits per heavy atom. The van der Waals surface area contributed by atoms with Crippen LogP contribution in [0.5, 0.6) is 0 Å². The number of fused-ring (bicyclic) bond motifs is 1. The van der Waals surface area contributed by atoms with E-state index in [1.54, 1.807) is 0 Å². The van der Waals surface area contributed by atoms with Crippen molar-refractivity contribution in [2.24, 2.45) is 0 Å². The van der Waals surface area contributed by atoms with Crippen LogP contribution >= 0.6 is 0 Å². The first-order chi connectivity index (χ1) is 8.04. The Hall–Kier alpha value is -0.860. The summed E-state index contributed by atoms with van der Waals surface area (Å²) in [4.78, 5) is 0. The maximum Gasteiger partial charge on any atom is 0.0890 e. The summed E-state index contributed by atoms with van der Waals surface area (Å²) < 4.78 is 2.15. The number of hydrogen-bond acceptors (Lipinski definition) is 2. The molecule has 96 valence electrons. The average molecular weight is 235 g/mol. The van der Waals surface area contributed by atoms with Gasteiger partial charge in [-0.05, 0) is 46.5 Å². The van der Waals surface area contributed by atoms with Crippen molar-refractivity contribution in [2.75, 3.05) is 0 Å². The maximum atomic E-state index is 4.49. The molecule has 0 amide bonds. The highest BCUT2D eigenvalue weighted by molar-refractivity contribution is 5.17. The van der Waals surface area contributed by atoms with Crippen LogP contribution in [0.4, 0.5) is 0 Å². The summed E-state index contributed by atoms with van der Waals surface area (Å²) in [5.41, 5.74) is 2.73. The highest BCUT2D eigenvalue weighted by atomic mass is 15.5. The topological polar surface area (TPSA) is 30.7 Å². The molecular formula is C14H25N3. The van der Waals surface area contributed by atoms with Gasteiger partial charge in [-0.3, -0.25) is 0 Å². The molecule has 0 radical (unpaired) electrons. The van der Waals surface area contributed by atoms with Gasteiger partial charge in [0, 0.05) is 5.92 Å². The molecule has 3 heteroatoms. The fraction of sp³-hybridized carbons (Fsp3) is 0.857. The van der Waals surface area contributed by atoms with E-state index in [9.17, 15) is 0 Å². The molecule has 1 aliphatic carbocycles. The van der Waals surface area contributed by atoms with Crippen LogP contribution in [0.15, 0.2) is 0 Å². The van der Waals surface area contributed by atoms with Gasteiger partial charge in [0.25, 0.3) is 0 Å². The van der Waals surface area contributed by atoms with E-state index in [0.717, 1.165) is 6.42 Å². The fourth-order valence-electron chi connectivity index (χ4n) is 2.80. The molecule has 1 aromatic rings. The molecule has 0 aromatic carbocycles. The Morgan fingerprint density at radius 1 is 1.24 bits per heavy atom. The van der Waals surface area contributed by atoms with Gasteiger partial charge in [0.05, 0.1) is 16.9 Å². The predicted octanol–water partition coefficient (Wildman–Crippen LogP) is 3.64. The molecule has 2 rings (SSSR count). The maximum absolute atomic E-state index is 4.49. The molecule has 17 heavy (non-hydrogen) atoms. The highest BCUT2D eigenvalue weighted by Gasteiger charge is 2.26. The van der Waals surface area contributed by atoms with E-state index in [1.807, 2.05) is 0 Å². The van der Waals surface area contributed by atoms with Crippen LogP contribution in [-0.4, -0.2) is 15.0 Å². The van der Waals surface area contributed by atoms with Crippen LogP contribution in [0.25, 0.3) is 0 Å². The minimum absolute atomic E-state index is 0.0536. The van der Waals surface area contributed by atoms with Crippen molar-refractivity contribution in [2.45, 2.75) is 77.7 Å². The minimum Gasteiger partial charge on any atom is -0.244 e. The van der Waals surface area contributed by atoms with E-state index in [4.69, 9.17) is 0 Å². The smallest absolute Gasteiger partial charge is 0.0890 e. The van der Waals surface area contributed by atoms with E-state index in [2.05, 4.69) is 42.7 Å². The Labute approximate surface area is 105 Å². The quantitative estimate of drug-likeness (QED) is 0.744. The Kier molecular flexibility index (Phi) is 3.55. The van der Waals surface area contributed by atoms with Gasteiger partial charge in [-0.15, -0.1) is 5.10 Å². The second-order valence-corrected chi connectivity index (χ2v) is 6.21. The second-order valence-electron chi connectivity index (χ2n) is 6.21. The average Bonchev–Trinajstić information content (AvgIpc) is 2.61. The molecule has 1 aromatic heterocycles. The van der Waals surface area contributed by atoms with Gasteiger partial charge in [-0.25, -0.2) is 4.68 Å². The SMILES string of the molecule is CCC1CCCCCc2c1nnn2C(C)(C)C. The van der Waals surface area contributed by atoms with Gasteiger partial charge in [0.1, 0.15) is 0 Å². The molecule has 3 nitrogen and oxygen atoms in total. The minimum atomic E-state index is 0.0536. The van der Waals surface area contributed by atoms with Crippen molar-refractivity contribution >= 4 is 0 Å². The zero-order valence-corrected chi connectivity index (χ0v) is 11.7. The molecule has 0 saturated heterocycles. The van der Waals surface area contributed by atoms with Crippen molar-refractivity contribution in [1.29, 1.82) is 0 Å². The fourth-order valence-corrected chi connectivity index (χ4v) is 2.80. The molecule has 0 bridgehead atoms. The van der Waals surface area contributed by atoms with Crippen molar-refractivity contribution in [1.82, 2.24) is 15.0 Å².